The molecule has 2 heterocycles. The SMILES string of the molecule is CC1(NS(=O)(=O)c2csc(CN)c2)CCS(=O)(=O)C1. The lowest BCUT2D eigenvalue weighted by molar-refractivity contribution is 0.462. The first-order chi connectivity index (χ1) is 8.66. The monoisotopic (exact) mass is 324 g/mol. The van der Waals surface area contributed by atoms with Crippen LogP contribution < -0.4 is 10.5 Å². The van der Waals surface area contributed by atoms with Crippen molar-refractivity contribution in [3.8, 4) is 0 Å². The summed E-state index contributed by atoms with van der Waals surface area (Å²) in [6, 6.07) is 1.51. The summed E-state index contributed by atoms with van der Waals surface area (Å²) in [6.07, 6.45) is 0.294. The number of sulfone groups is 1. The molecule has 6 nitrogen and oxygen atoms in total. The van der Waals surface area contributed by atoms with Gasteiger partial charge in [-0.05, 0) is 19.4 Å². The molecular weight excluding hydrogens is 308 g/mol. The minimum atomic E-state index is -3.70. The molecule has 0 bridgehead atoms. The van der Waals surface area contributed by atoms with Crippen LogP contribution in [0.1, 0.15) is 18.2 Å². The van der Waals surface area contributed by atoms with Gasteiger partial charge < -0.3 is 5.73 Å². The fourth-order valence-corrected chi connectivity index (χ4v) is 6.86. The lowest BCUT2D eigenvalue weighted by atomic mass is 10.0. The highest BCUT2D eigenvalue weighted by atomic mass is 32.2. The Bertz CT molecular complexity index is 677. The van der Waals surface area contributed by atoms with E-state index in [9.17, 15) is 16.8 Å². The molecule has 108 valence electrons. The average Bonchev–Trinajstić information content (AvgIpc) is 2.83. The zero-order chi connectivity index (χ0) is 14.3. The van der Waals surface area contributed by atoms with Gasteiger partial charge >= 0.3 is 0 Å². The van der Waals surface area contributed by atoms with Crippen LogP contribution >= 0.6 is 11.3 Å². The molecule has 1 unspecified atom stereocenters. The summed E-state index contributed by atoms with van der Waals surface area (Å²) in [7, 11) is -6.85. The van der Waals surface area contributed by atoms with Crippen molar-refractivity contribution in [2.24, 2.45) is 5.73 Å². The van der Waals surface area contributed by atoms with Crippen molar-refractivity contribution >= 4 is 31.2 Å². The number of hydrogen-bond acceptors (Lipinski definition) is 6. The molecular formula is C10H16N2O4S3. The van der Waals surface area contributed by atoms with Crippen molar-refractivity contribution in [2.45, 2.75) is 30.3 Å². The molecule has 0 spiro atoms. The van der Waals surface area contributed by atoms with Crippen LogP contribution in [0.15, 0.2) is 16.3 Å². The smallest absolute Gasteiger partial charge is 0.241 e. The summed E-state index contributed by atoms with van der Waals surface area (Å²) < 4.78 is 49.8. The highest BCUT2D eigenvalue weighted by molar-refractivity contribution is 7.92. The highest BCUT2D eigenvalue weighted by Gasteiger charge is 2.41. The number of rotatable bonds is 4. The minimum Gasteiger partial charge on any atom is -0.326 e. The van der Waals surface area contributed by atoms with Crippen molar-refractivity contribution < 1.29 is 16.8 Å². The van der Waals surface area contributed by atoms with Gasteiger partial charge in [0, 0.05) is 22.3 Å². The standard InChI is InChI=1S/C10H16N2O4S3/c1-10(2-3-18(13,14)7-10)12-19(15,16)9-4-8(5-11)17-6-9/h4,6,12H,2-3,5,7,11H2,1H3. The van der Waals surface area contributed by atoms with Gasteiger partial charge in [0.05, 0.1) is 16.4 Å². The fraction of sp³-hybridized carbons (Fsp3) is 0.600. The van der Waals surface area contributed by atoms with Crippen molar-refractivity contribution in [1.29, 1.82) is 0 Å². The molecule has 1 atom stereocenters. The van der Waals surface area contributed by atoms with Crippen LogP contribution in [0.4, 0.5) is 0 Å². The molecule has 0 amide bonds. The summed E-state index contributed by atoms with van der Waals surface area (Å²) in [5.41, 5.74) is 4.52. The Morgan fingerprint density at radius 2 is 2.21 bits per heavy atom. The van der Waals surface area contributed by atoms with Gasteiger partial charge in [-0.2, -0.15) is 0 Å². The molecule has 1 saturated heterocycles. The van der Waals surface area contributed by atoms with Crippen molar-refractivity contribution in [3.63, 3.8) is 0 Å². The van der Waals surface area contributed by atoms with Gasteiger partial charge in [-0.3, -0.25) is 0 Å². The topological polar surface area (TPSA) is 106 Å². The maximum absolute atomic E-state index is 12.2. The largest absolute Gasteiger partial charge is 0.326 e. The molecule has 2 rings (SSSR count). The van der Waals surface area contributed by atoms with E-state index in [4.69, 9.17) is 5.73 Å². The van der Waals surface area contributed by atoms with E-state index >= 15 is 0 Å². The Kier molecular flexibility index (Phi) is 3.78. The van der Waals surface area contributed by atoms with Crippen LogP contribution in [0.3, 0.4) is 0 Å². The third kappa shape index (κ3) is 3.34. The molecule has 9 heteroatoms. The van der Waals surface area contributed by atoms with E-state index < -0.39 is 25.4 Å². The molecule has 0 aliphatic carbocycles. The fourth-order valence-electron chi connectivity index (χ4n) is 2.08. The van der Waals surface area contributed by atoms with Crippen LogP contribution in [0.2, 0.25) is 0 Å². The van der Waals surface area contributed by atoms with Gasteiger partial charge in [0.2, 0.25) is 10.0 Å². The minimum absolute atomic E-state index is 0.0176. The molecule has 1 aromatic heterocycles. The second-order valence-corrected chi connectivity index (χ2v) is 9.82. The summed E-state index contributed by atoms with van der Waals surface area (Å²) in [5, 5.41) is 1.51. The third-order valence-corrected chi connectivity index (χ3v) is 7.65. The van der Waals surface area contributed by atoms with Gasteiger partial charge in [0.1, 0.15) is 0 Å². The lowest BCUT2D eigenvalue weighted by Gasteiger charge is -2.23. The first-order valence-corrected chi connectivity index (χ1v) is 9.86. The third-order valence-electron chi connectivity index (χ3n) is 3.03. The average molecular weight is 324 g/mol. The number of nitrogens with one attached hydrogen (secondary N) is 1. The van der Waals surface area contributed by atoms with E-state index in [-0.39, 0.29) is 22.9 Å². The molecule has 1 aliphatic rings. The predicted octanol–water partition coefficient (Wildman–Crippen LogP) is 0.0623. The summed E-state index contributed by atoms with van der Waals surface area (Å²) >= 11 is 1.27. The Morgan fingerprint density at radius 3 is 2.68 bits per heavy atom. The molecule has 19 heavy (non-hydrogen) atoms. The Balaban J connectivity index is 2.23. The van der Waals surface area contributed by atoms with Gasteiger partial charge in [-0.25, -0.2) is 21.6 Å². The molecule has 1 aliphatic heterocycles. The Hall–Kier alpha value is -0.480. The van der Waals surface area contributed by atoms with Gasteiger partial charge in [0.25, 0.3) is 0 Å². The molecule has 0 saturated carbocycles. The molecule has 0 radical (unpaired) electrons. The van der Waals surface area contributed by atoms with Crippen LogP contribution in [0.5, 0.6) is 0 Å². The van der Waals surface area contributed by atoms with Crippen LogP contribution in [-0.4, -0.2) is 33.9 Å². The zero-order valence-electron chi connectivity index (χ0n) is 10.4. The zero-order valence-corrected chi connectivity index (χ0v) is 12.9. The number of sulfonamides is 1. The molecule has 1 fully saturated rings. The first kappa shape index (κ1) is 14.9. The number of hydrogen-bond donors (Lipinski definition) is 2. The van der Waals surface area contributed by atoms with Crippen molar-refractivity contribution in [2.75, 3.05) is 11.5 Å². The molecule has 1 aromatic rings. The van der Waals surface area contributed by atoms with Crippen molar-refractivity contribution in [3.05, 3.63) is 16.3 Å². The van der Waals surface area contributed by atoms with Crippen LogP contribution in [-0.2, 0) is 26.4 Å². The Morgan fingerprint density at radius 1 is 1.53 bits per heavy atom. The van der Waals surface area contributed by atoms with Crippen molar-refractivity contribution in [1.82, 2.24) is 4.72 Å². The molecule has 0 aromatic carbocycles. The number of thiophene rings is 1. The van der Waals surface area contributed by atoms with E-state index in [0.717, 1.165) is 4.88 Å². The van der Waals surface area contributed by atoms with E-state index in [0.29, 0.717) is 6.42 Å². The quantitative estimate of drug-likeness (QED) is 0.814. The maximum Gasteiger partial charge on any atom is 0.241 e. The lowest BCUT2D eigenvalue weighted by Crippen LogP contribution is -2.46. The number of nitrogens with two attached hydrogens (primary N) is 1. The maximum atomic E-state index is 12.2. The highest BCUT2D eigenvalue weighted by Crippen LogP contribution is 2.26. The first-order valence-electron chi connectivity index (χ1n) is 5.68. The van der Waals surface area contributed by atoms with Gasteiger partial charge in [-0.1, -0.05) is 0 Å². The van der Waals surface area contributed by atoms with Crippen LogP contribution in [0.25, 0.3) is 0 Å². The summed E-state index contributed by atoms with van der Waals surface area (Å²) in [5.74, 6) is -0.142. The second-order valence-electron chi connectivity index (χ2n) is 4.96. The molecule has 3 N–H and O–H groups in total. The Labute approximate surface area is 117 Å². The van der Waals surface area contributed by atoms with E-state index in [1.165, 1.54) is 22.8 Å². The predicted molar refractivity (Wildman–Crippen MR) is 74.2 cm³/mol. The van der Waals surface area contributed by atoms with Gasteiger partial charge in [-0.15, -0.1) is 11.3 Å². The van der Waals surface area contributed by atoms with Crippen LogP contribution in [0, 0.1) is 0 Å². The normalized spacial score (nSPS) is 26.6. The van der Waals surface area contributed by atoms with Gasteiger partial charge in [0.15, 0.2) is 9.84 Å². The summed E-state index contributed by atoms with van der Waals surface area (Å²) in [6.45, 7) is 1.90. The van der Waals surface area contributed by atoms with E-state index in [1.54, 1.807) is 6.92 Å². The van der Waals surface area contributed by atoms with E-state index in [1.807, 2.05) is 0 Å². The van der Waals surface area contributed by atoms with E-state index in [2.05, 4.69) is 4.72 Å². The second kappa shape index (κ2) is 4.81. The summed E-state index contributed by atoms with van der Waals surface area (Å²) in [4.78, 5) is 0.910.